The van der Waals surface area contributed by atoms with Crippen LogP contribution in [0.15, 0.2) is 48.5 Å². The predicted molar refractivity (Wildman–Crippen MR) is 135 cm³/mol. The second kappa shape index (κ2) is 12.4. The number of nitrogens with one attached hydrogen (secondary N) is 1. The molecular formula is C26H30N2O7S. The number of benzene rings is 2. The highest BCUT2D eigenvalue weighted by Crippen LogP contribution is 2.40. The lowest BCUT2D eigenvalue weighted by molar-refractivity contribution is -0.149. The fourth-order valence-electron chi connectivity index (χ4n) is 4.38. The van der Waals surface area contributed by atoms with Crippen molar-refractivity contribution in [3.05, 3.63) is 59.7 Å². The number of likely N-dealkylation sites (tertiary alicyclic amines) is 1. The maximum atomic E-state index is 13.2. The summed E-state index contributed by atoms with van der Waals surface area (Å²) in [5.41, 5.74) is 1.55. The number of para-hydroxylation sites is 1. The minimum atomic E-state index is -1.10. The van der Waals surface area contributed by atoms with Crippen molar-refractivity contribution in [2.24, 2.45) is 0 Å². The van der Waals surface area contributed by atoms with E-state index >= 15 is 0 Å². The Morgan fingerprint density at radius 1 is 1.06 bits per heavy atom. The van der Waals surface area contributed by atoms with Crippen LogP contribution in [0.3, 0.4) is 0 Å². The quantitative estimate of drug-likeness (QED) is 0.496. The van der Waals surface area contributed by atoms with E-state index in [2.05, 4.69) is 5.32 Å². The first-order chi connectivity index (χ1) is 17.2. The topological polar surface area (TPSA) is 122 Å². The Labute approximate surface area is 214 Å². The summed E-state index contributed by atoms with van der Waals surface area (Å²) in [6, 6.07) is 12.8. The van der Waals surface area contributed by atoms with Gasteiger partial charge in [0.05, 0.1) is 32.1 Å². The molecule has 3 atom stereocenters. The van der Waals surface area contributed by atoms with Gasteiger partial charge in [-0.2, -0.15) is 0 Å². The van der Waals surface area contributed by atoms with Gasteiger partial charge < -0.3 is 24.8 Å². The first kappa shape index (κ1) is 27.1. The van der Waals surface area contributed by atoms with Crippen LogP contribution in [0.1, 0.15) is 36.9 Å². The second-order valence-corrected chi connectivity index (χ2v) is 9.74. The third kappa shape index (κ3) is 6.57. The van der Waals surface area contributed by atoms with Crippen molar-refractivity contribution in [2.45, 2.75) is 43.5 Å². The maximum absolute atomic E-state index is 13.2. The van der Waals surface area contributed by atoms with Crippen molar-refractivity contribution in [3.8, 4) is 11.5 Å². The highest BCUT2D eigenvalue weighted by Gasteiger charge is 2.42. The van der Waals surface area contributed by atoms with Crippen molar-refractivity contribution in [1.82, 2.24) is 10.2 Å². The number of nitrogens with zero attached hydrogens (tertiary/aromatic N) is 1. The van der Waals surface area contributed by atoms with Gasteiger partial charge in [-0.1, -0.05) is 42.1 Å². The zero-order chi connectivity index (χ0) is 26.2. The summed E-state index contributed by atoms with van der Waals surface area (Å²) < 4.78 is 10.6. The molecule has 0 spiro atoms. The molecule has 36 heavy (non-hydrogen) atoms. The number of thioether (sulfide) groups is 1. The molecule has 0 bridgehead atoms. The van der Waals surface area contributed by atoms with Crippen molar-refractivity contribution in [1.29, 1.82) is 0 Å². The molecule has 1 saturated heterocycles. The smallest absolute Gasteiger partial charge is 0.326 e. The molecule has 1 aliphatic heterocycles. The number of rotatable bonds is 10. The molecule has 10 heteroatoms. The van der Waals surface area contributed by atoms with Gasteiger partial charge in [-0.05, 0) is 43.0 Å². The molecule has 0 radical (unpaired) electrons. The number of hydrogen-bond donors (Lipinski definition) is 2. The molecule has 0 aromatic heterocycles. The maximum Gasteiger partial charge on any atom is 0.326 e. The normalized spacial score (nSPS) is 17.8. The lowest BCUT2D eigenvalue weighted by Crippen LogP contribution is -2.47. The fraction of sp³-hybridized carbons (Fsp3) is 0.385. The molecule has 1 aliphatic rings. The molecule has 0 saturated carbocycles. The fourth-order valence-corrected chi connectivity index (χ4v) is 5.25. The standard InChI is InChI=1S/C26H30N2O7S/c1-16(29)36-23(14-17-8-10-18(34-2)11-9-17)25(31)27-15-24(30)28-20(12-13-21(28)26(32)33)19-6-4-5-7-22(19)35-3/h4-11,20-21,23H,12-15H2,1-3H3,(H,27,31)(H,32,33)/t20?,21-,23?/m0/s1. The van der Waals surface area contributed by atoms with E-state index in [0.717, 1.165) is 17.3 Å². The van der Waals surface area contributed by atoms with Crippen molar-refractivity contribution >= 4 is 34.7 Å². The third-order valence-corrected chi connectivity index (χ3v) is 7.05. The number of amides is 2. The van der Waals surface area contributed by atoms with Crippen LogP contribution < -0.4 is 14.8 Å². The Morgan fingerprint density at radius 2 is 1.75 bits per heavy atom. The van der Waals surface area contributed by atoms with Crippen molar-refractivity contribution < 1.29 is 33.8 Å². The van der Waals surface area contributed by atoms with E-state index in [9.17, 15) is 24.3 Å². The third-order valence-electron chi connectivity index (χ3n) is 6.05. The molecule has 3 rings (SSSR count). The molecule has 1 heterocycles. The van der Waals surface area contributed by atoms with Gasteiger partial charge in [0.25, 0.3) is 0 Å². The minimum absolute atomic E-state index is 0.225. The lowest BCUT2D eigenvalue weighted by atomic mass is 10.0. The van der Waals surface area contributed by atoms with Crippen LogP contribution in [0.4, 0.5) is 0 Å². The van der Waals surface area contributed by atoms with Crippen LogP contribution in [0.5, 0.6) is 11.5 Å². The molecule has 192 valence electrons. The molecule has 2 aromatic rings. The molecular weight excluding hydrogens is 484 g/mol. The number of carboxylic acids is 1. The largest absolute Gasteiger partial charge is 0.497 e. The summed E-state index contributed by atoms with van der Waals surface area (Å²) >= 11 is 0.886. The Balaban J connectivity index is 1.73. The Morgan fingerprint density at radius 3 is 2.36 bits per heavy atom. The van der Waals surface area contributed by atoms with E-state index in [4.69, 9.17) is 9.47 Å². The molecule has 9 nitrogen and oxygen atoms in total. The average Bonchev–Trinajstić information content (AvgIpc) is 3.32. The van der Waals surface area contributed by atoms with Crippen LogP contribution in [0.2, 0.25) is 0 Å². The number of hydrogen-bond acceptors (Lipinski definition) is 7. The first-order valence-corrected chi connectivity index (χ1v) is 12.4. The number of carbonyl (C=O) groups is 4. The summed E-state index contributed by atoms with van der Waals surface area (Å²) in [7, 11) is 3.08. The minimum Gasteiger partial charge on any atom is -0.497 e. The van der Waals surface area contributed by atoms with Gasteiger partial charge in [-0.25, -0.2) is 4.79 Å². The molecule has 2 aromatic carbocycles. The highest BCUT2D eigenvalue weighted by atomic mass is 32.2. The number of ether oxygens (including phenoxy) is 2. The van der Waals surface area contributed by atoms with Crippen LogP contribution >= 0.6 is 11.8 Å². The van der Waals surface area contributed by atoms with Crippen molar-refractivity contribution in [3.63, 3.8) is 0 Å². The van der Waals surface area contributed by atoms with Gasteiger partial charge in [0, 0.05) is 12.5 Å². The average molecular weight is 515 g/mol. The summed E-state index contributed by atoms with van der Waals surface area (Å²) in [5.74, 6) is -0.850. The van der Waals surface area contributed by atoms with Crippen LogP contribution in [-0.2, 0) is 25.6 Å². The number of carboxylic acid groups (broad SMARTS) is 1. The monoisotopic (exact) mass is 514 g/mol. The molecule has 0 aliphatic carbocycles. The van der Waals surface area contributed by atoms with Crippen LogP contribution in [0.25, 0.3) is 0 Å². The number of methoxy groups -OCH3 is 2. The van der Waals surface area contributed by atoms with E-state index in [1.54, 1.807) is 43.5 Å². The second-order valence-electron chi connectivity index (χ2n) is 8.36. The summed E-state index contributed by atoms with van der Waals surface area (Å²) in [5, 5.41) is 11.4. The van der Waals surface area contributed by atoms with E-state index in [0.29, 0.717) is 23.5 Å². The van der Waals surface area contributed by atoms with Crippen LogP contribution in [-0.4, -0.2) is 65.0 Å². The van der Waals surface area contributed by atoms with Gasteiger partial charge in [-0.15, -0.1) is 0 Å². The van der Waals surface area contributed by atoms with Gasteiger partial charge in [0.1, 0.15) is 17.5 Å². The SMILES string of the molecule is COc1ccc(CC(SC(C)=O)C(=O)NCC(=O)N2C(c3ccccc3OC)CC[C@H]2C(=O)O)cc1. The van der Waals surface area contributed by atoms with Gasteiger partial charge >= 0.3 is 5.97 Å². The van der Waals surface area contributed by atoms with Gasteiger partial charge in [0.2, 0.25) is 11.8 Å². The Kier molecular flexibility index (Phi) is 9.35. The molecule has 2 amide bonds. The van der Waals surface area contributed by atoms with E-state index in [1.807, 2.05) is 12.1 Å². The van der Waals surface area contributed by atoms with E-state index < -0.39 is 35.1 Å². The van der Waals surface area contributed by atoms with E-state index in [1.165, 1.54) is 18.9 Å². The van der Waals surface area contributed by atoms with Crippen LogP contribution in [0, 0.1) is 0 Å². The zero-order valence-corrected chi connectivity index (χ0v) is 21.2. The molecule has 1 fully saturated rings. The predicted octanol–water partition coefficient (Wildman–Crippen LogP) is 2.83. The van der Waals surface area contributed by atoms with E-state index in [-0.39, 0.29) is 24.5 Å². The van der Waals surface area contributed by atoms with Gasteiger partial charge in [0.15, 0.2) is 5.12 Å². The summed E-state index contributed by atoms with van der Waals surface area (Å²) in [6.45, 7) is 0.996. The molecule has 2 N–H and O–H groups in total. The summed E-state index contributed by atoms with van der Waals surface area (Å²) in [6.07, 6.45) is 1.02. The highest BCUT2D eigenvalue weighted by molar-refractivity contribution is 8.14. The Hall–Kier alpha value is -3.53. The number of aliphatic carboxylic acids is 1. The molecule has 2 unspecified atom stereocenters. The Bertz CT molecular complexity index is 1110. The van der Waals surface area contributed by atoms with Gasteiger partial charge in [-0.3, -0.25) is 14.4 Å². The first-order valence-electron chi connectivity index (χ1n) is 11.5. The zero-order valence-electron chi connectivity index (χ0n) is 20.4. The van der Waals surface area contributed by atoms with Crippen molar-refractivity contribution in [2.75, 3.05) is 20.8 Å². The summed E-state index contributed by atoms with van der Waals surface area (Å²) in [4.78, 5) is 51.2. The number of carbonyl (C=O) groups excluding carboxylic acids is 3. The lowest BCUT2D eigenvalue weighted by Gasteiger charge is -2.30.